The monoisotopic (exact) mass is 224 g/mol. The maximum Gasteiger partial charge on any atom is 0.239 e. The zero-order valence-corrected chi connectivity index (χ0v) is 9.39. The van der Waals surface area contributed by atoms with E-state index in [0.29, 0.717) is 6.54 Å². The number of rotatable bonds is 1. The van der Waals surface area contributed by atoms with E-state index in [1.54, 1.807) is 6.92 Å². The van der Waals surface area contributed by atoms with Crippen molar-refractivity contribution in [1.29, 1.82) is 0 Å². The molecule has 0 aromatic rings. The fraction of sp³-hybridized carbons (Fsp3) is 0.889. The van der Waals surface area contributed by atoms with Gasteiger partial charge < -0.3 is 10.6 Å². The van der Waals surface area contributed by atoms with E-state index in [0.717, 1.165) is 6.42 Å². The van der Waals surface area contributed by atoms with Crippen LogP contribution in [-0.2, 0) is 4.79 Å². The quantitative estimate of drug-likeness (QED) is 0.721. The van der Waals surface area contributed by atoms with Crippen LogP contribution in [-0.4, -0.2) is 36.1 Å². The van der Waals surface area contributed by atoms with Crippen molar-refractivity contribution in [3.05, 3.63) is 0 Å². The summed E-state index contributed by atoms with van der Waals surface area (Å²) in [5.74, 6) is -0.0771. The maximum absolute atomic E-state index is 13.2. The summed E-state index contributed by atoms with van der Waals surface area (Å²) in [7, 11) is 0. The van der Waals surface area contributed by atoms with E-state index in [1.165, 1.54) is 4.90 Å². The van der Waals surface area contributed by atoms with Crippen molar-refractivity contribution in [3.8, 4) is 0 Å². The fourth-order valence-corrected chi connectivity index (χ4v) is 1.51. The van der Waals surface area contributed by atoms with Crippen LogP contribution in [0, 0.1) is 5.92 Å². The number of alkyl halides is 1. The minimum Gasteiger partial charge on any atom is -0.338 e. The molecule has 0 aromatic heterocycles. The summed E-state index contributed by atoms with van der Waals surface area (Å²) in [6.45, 7) is 4.36. The van der Waals surface area contributed by atoms with Crippen LogP contribution >= 0.6 is 12.4 Å². The number of hydrogen-bond acceptors (Lipinski definition) is 2. The molecule has 1 heterocycles. The molecule has 14 heavy (non-hydrogen) atoms. The molecule has 5 heteroatoms. The molecule has 1 amide bonds. The second-order valence-corrected chi connectivity index (χ2v) is 3.85. The summed E-state index contributed by atoms with van der Waals surface area (Å²) in [6.07, 6.45) is -0.156. The van der Waals surface area contributed by atoms with Crippen molar-refractivity contribution < 1.29 is 9.18 Å². The van der Waals surface area contributed by atoms with E-state index >= 15 is 0 Å². The van der Waals surface area contributed by atoms with Gasteiger partial charge in [-0.3, -0.25) is 4.79 Å². The molecule has 1 fully saturated rings. The molecule has 1 aliphatic rings. The molecule has 3 unspecified atom stereocenters. The van der Waals surface area contributed by atoms with Gasteiger partial charge in [0.1, 0.15) is 6.17 Å². The summed E-state index contributed by atoms with van der Waals surface area (Å²) in [5.41, 5.74) is 5.43. The molecule has 3 atom stereocenters. The largest absolute Gasteiger partial charge is 0.338 e. The molecule has 2 N–H and O–H groups in total. The van der Waals surface area contributed by atoms with E-state index < -0.39 is 12.2 Å². The Morgan fingerprint density at radius 2 is 2.21 bits per heavy atom. The number of halogens is 2. The Balaban J connectivity index is 0.00000169. The number of hydrogen-bond donors (Lipinski definition) is 1. The first-order chi connectivity index (χ1) is 6.02. The Labute approximate surface area is 90.2 Å². The van der Waals surface area contributed by atoms with Crippen LogP contribution in [0.25, 0.3) is 0 Å². The van der Waals surface area contributed by atoms with Gasteiger partial charge in [-0.25, -0.2) is 4.39 Å². The van der Waals surface area contributed by atoms with Crippen LogP contribution in [0.2, 0.25) is 0 Å². The van der Waals surface area contributed by atoms with Crippen molar-refractivity contribution in [1.82, 2.24) is 4.90 Å². The van der Waals surface area contributed by atoms with Gasteiger partial charge in [-0.15, -0.1) is 12.4 Å². The van der Waals surface area contributed by atoms with E-state index in [9.17, 15) is 9.18 Å². The number of nitrogens with zero attached hydrogens (tertiary/aromatic N) is 1. The third-order valence-electron chi connectivity index (χ3n) is 2.57. The lowest BCUT2D eigenvalue weighted by Crippen LogP contribution is -2.49. The van der Waals surface area contributed by atoms with Gasteiger partial charge >= 0.3 is 0 Å². The number of amides is 1. The Morgan fingerprint density at radius 1 is 1.64 bits per heavy atom. The molecule has 84 valence electrons. The first-order valence-electron chi connectivity index (χ1n) is 4.70. The average molecular weight is 225 g/mol. The number of piperidine rings is 1. The first kappa shape index (κ1) is 13.7. The van der Waals surface area contributed by atoms with Gasteiger partial charge in [0.15, 0.2) is 0 Å². The van der Waals surface area contributed by atoms with Gasteiger partial charge in [-0.1, -0.05) is 6.92 Å². The molecule has 0 radical (unpaired) electrons. The average Bonchev–Trinajstić information content (AvgIpc) is 2.08. The third-order valence-corrected chi connectivity index (χ3v) is 2.57. The van der Waals surface area contributed by atoms with Crippen molar-refractivity contribution in [3.63, 3.8) is 0 Å². The summed E-state index contributed by atoms with van der Waals surface area (Å²) in [6, 6.07) is -0.513. The zero-order chi connectivity index (χ0) is 10.0. The molecule has 0 spiro atoms. The Hall–Kier alpha value is -0.350. The highest BCUT2D eigenvalue weighted by molar-refractivity contribution is 5.85. The summed E-state index contributed by atoms with van der Waals surface area (Å²) in [4.78, 5) is 12.9. The maximum atomic E-state index is 13.2. The molecule has 0 saturated carbocycles. The normalized spacial score (nSPS) is 29.3. The highest BCUT2D eigenvalue weighted by Gasteiger charge is 2.29. The van der Waals surface area contributed by atoms with E-state index in [2.05, 4.69) is 0 Å². The van der Waals surface area contributed by atoms with Crippen molar-refractivity contribution in [2.45, 2.75) is 32.5 Å². The van der Waals surface area contributed by atoms with Crippen LogP contribution in [0.4, 0.5) is 4.39 Å². The van der Waals surface area contributed by atoms with Gasteiger partial charge in [-0.2, -0.15) is 0 Å². The van der Waals surface area contributed by atoms with Crippen molar-refractivity contribution in [2.24, 2.45) is 11.7 Å². The summed E-state index contributed by atoms with van der Waals surface area (Å²) < 4.78 is 13.2. The SMILES string of the molecule is CC(N)C(=O)N1CCC(C)C(F)C1.Cl. The lowest BCUT2D eigenvalue weighted by Gasteiger charge is -2.33. The van der Waals surface area contributed by atoms with Crippen LogP contribution in [0.15, 0.2) is 0 Å². The Morgan fingerprint density at radius 3 is 2.64 bits per heavy atom. The van der Waals surface area contributed by atoms with Gasteiger partial charge in [-0.05, 0) is 19.3 Å². The predicted molar refractivity (Wildman–Crippen MR) is 56.2 cm³/mol. The minimum absolute atomic E-state index is 0. The lowest BCUT2D eigenvalue weighted by atomic mass is 9.97. The van der Waals surface area contributed by atoms with Gasteiger partial charge in [0.25, 0.3) is 0 Å². The highest BCUT2D eigenvalue weighted by atomic mass is 35.5. The van der Waals surface area contributed by atoms with Gasteiger partial charge in [0.2, 0.25) is 5.91 Å². The molecular formula is C9H18ClFN2O. The molecule has 0 aliphatic carbocycles. The van der Waals surface area contributed by atoms with Crippen molar-refractivity contribution in [2.75, 3.05) is 13.1 Å². The zero-order valence-electron chi connectivity index (χ0n) is 8.57. The molecule has 3 nitrogen and oxygen atoms in total. The summed E-state index contributed by atoms with van der Waals surface area (Å²) in [5, 5.41) is 0. The first-order valence-corrected chi connectivity index (χ1v) is 4.70. The molecule has 1 aliphatic heterocycles. The second kappa shape index (κ2) is 5.51. The second-order valence-electron chi connectivity index (χ2n) is 3.85. The summed E-state index contributed by atoms with van der Waals surface area (Å²) >= 11 is 0. The predicted octanol–water partition coefficient (Wildman–Crippen LogP) is 0.962. The van der Waals surface area contributed by atoms with E-state index in [4.69, 9.17) is 5.73 Å². The van der Waals surface area contributed by atoms with Gasteiger partial charge in [0.05, 0.1) is 12.6 Å². The van der Waals surface area contributed by atoms with Crippen LogP contribution < -0.4 is 5.73 Å². The molecular weight excluding hydrogens is 207 g/mol. The Bertz CT molecular complexity index is 201. The molecule has 1 rings (SSSR count). The fourth-order valence-electron chi connectivity index (χ4n) is 1.51. The smallest absolute Gasteiger partial charge is 0.239 e. The minimum atomic E-state index is -0.892. The van der Waals surface area contributed by atoms with Gasteiger partial charge in [0, 0.05) is 6.54 Å². The highest BCUT2D eigenvalue weighted by Crippen LogP contribution is 2.19. The molecule has 0 bridgehead atoms. The third kappa shape index (κ3) is 3.10. The van der Waals surface area contributed by atoms with Crippen molar-refractivity contribution >= 4 is 18.3 Å². The Kier molecular flexibility index (Phi) is 5.37. The van der Waals surface area contributed by atoms with Crippen LogP contribution in [0.1, 0.15) is 20.3 Å². The van der Waals surface area contributed by atoms with E-state index in [1.807, 2.05) is 6.92 Å². The molecule has 0 aromatic carbocycles. The van der Waals surface area contributed by atoms with Crippen LogP contribution in [0.3, 0.4) is 0 Å². The van der Waals surface area contributed by atoms with E-state index in [-0.39, 0.29) is 30.8 Å². The lowest BCUT2D eigenvalue weighted by molar-refractivity contribution is -0.135. The standard InChI is InChI=1S/C9H17FN2O.ClH/c1-6-3-4-12(5-8(6)10)9(13)7(2)11;/h6-8H,3-5,11H2,1-2H3;1H. The number of carbonyl (C=O) groups excluding carboxylic acids is 1. The topological polar surface area (TPSA) is 46.3 Å². The number of carbonyl (C=O) groups is 1. The molecule has 1 saturated heterocycles. The number of likely N-dealkylation sites (tertiary alicyclic amines) is 1. The number of nitrogens with two attached hydrogens (primary N) is 1. The van der Waals surface area contributed by atoms with Crippen LogP contribution in [0.5, 0.6) is 0 Å².